The Labute approximate surface area is 429 Å². The number of fused-ring (bicyclic) bond motifs is 11. The molecule has 6 heteroatoms. The van der Waals surface area contributed by atoms with Crippen LogP contribution in [0, 0.1) is 35.3 Å². The molecule has 5 aliphatic carbocycles. The van der Waals surface area contributed by atoms with Gasteiger partial charge in [0.2, 0.25) is 0 Å². The Morgan fingerprint density at radius 1 is 0.472 bits per heavy atom. The Morgan fingerprint density at radius 3 is 1.62 bits per heavy atom. The molecule has 0 radical (unpaired) electrons. The van der Waals surface area contributed by atoms with Crippen LogP contribution in [0.25, 0.3) is 51.5 Å². The van der Waals surface area contributed by atoms with Gasteiger partial charge in [-0.05, 0) is 185 Å². The highest BCUT2D eigenvalue weighted by molar-refractivity contribution is 7.27. The van der Waals surface area contributed by atoms with Crippen LogP contribution in [0.5, 0.6) is 0 Å². The van der Waals surface area contributed by atoms with Gasteiger partial charge in [-0.25, -0.2) is 8.78 Å². The van der Waals surface area contributed by atoms with Crippen LogP contribution in [0.4, 0.5) is 42.9 Å². The molecule has 0 saturated heterocycles. The van der Waals surface area contributed by atoms with E-state index < -0.39 is 0 Å². The zero-order valence-corrected chi connectivity index (χ0v) is 43.5. The van der Waals surface area contributed by atoms with Crippen molar-refractivity contribution in [2.45, 2.75) is 89.9 Å². The highest BCUT2D eigenvalue weighted by Crippen LogP contribution is 2.72. The lowest BCUT2D eigenvalue weighted by Crippen LogP contribution is -2.55. The number of nitrogens with zero attached hydrogens (tertiary/aromatic N) is 2. The van der Waals surface area contributed by atoms with Gasteiger partial charge in [0.05, 0.1) is 10.4 Å². The lowest BCUT2D eigenvalue weighted by molar-refractivity contribution is -0.0392. The summed E-state index contributed by atoms with van der Waals surface area (Å²) < 4.78 is 35.9. The summed E-state index contributed by atoms with van der Waals surface area (Å²) >= 11 is 3.83. The Bertz CT molecular complexity index is 3800. The Kier molecular flexibility index (Phi) is 9.75. The molecule has 72 heavy (non-hydrogen) atoms. The molecule has 4 saturated carbocycles. The summed E-state index contributed by atoms with van der Waals surface area (Å²) in [4.78, 5) is 4.57. The van der Waals surface area contributed by atoms with Gasteiger partial charge in [-0.3, -0.25) is 0 Å². The highest BCUT2D eigenvalue weighted by atomic mass is 32.1. The fourth-order valence-electron chi connectivity index (χ4n) is 14.5. The lowest BCUT2D eigenvalue weighted by atomic mass is 9.43. The van der Waals surface area contributed by atoms with Crippen molar-refractivity contribution in [3.05, 3.63) is 192 Å². The van der Waals surface area contributed by atoms with Crippen LogP contribution in [0.1, 0.15) is 95.9 Å². The third-order valence-electron chi connectivity index (χ3n) is 17.4. The molecule has 0 N–H and O–H groups in total. The number of halogens is 2. The zero-order chi connectivity index (χ0) is 49.0. The molecule has 358 valence electrons. The van der Waals surface area contributed by atoms with Crippen LogP contribution in [0.2, 0.25) is 0 Å². The SMILES string of the molecule is CC(C)(C)c1ccc(N(c2cccc(F)c2)c2ccc3c(c2)sc2c4c(ccc23)-c2c(cc(N(c3ccc(C(C)(C)C)cc3)c3cccc(F)c3)c3sc5ccccc5c23)C42C3CC4CC(C3)CC2C4)cc1. The smallest absolute Gasteiger partial charge is 0.125 e. The van der Waals surface area contributed by atoms with E-state index in [4.69, 9.17) is 0 Å². The average Bonchev–Trinajstić information content (AvgIpc) is 4.02. The quantitative estimate of drug-likeness (QED) is 0.164. The van der Waals surface area contributed by atoms with Gasteiger partial charge in [-0.1, -0.05) is 114 Å². The number of thiophene rings is 2. The fourth-order valence-corrected chi connectivity index (χ4v) is 17.1. The van der Waals surface area contributed by atoms with Crippen molar-refractivity contribution in [3.8, 4) is 11.1 Å². The molecule has 2 nitrogen and oxygen atoms in total. The van der Waals surface area contributed by atoms with E-state index in [1.165, 1.54) is 106 Å². The summed E-state index contributed by atoms with van der Waals surface area (Å²) in [6.45, 7) is 13.5. The molecule has 5 aliphatic rings. The van der Waals surface area contributed by atoms with Crippen molar-refractivity contribution >= 4 is 97.1 Å². The van der Waals surface area contributed by atoms with Crippen molar-refractivity contribution in [1.29, 1.82) is 0 Å². The van der Waals surface area contributed by atoms with Crippen LogP contribution in [0.3, 0.4) is 0 Å². The molecule has 1 spiro atoms. The van der Waals surface area contributed by atoms with Crippen LogP contribution in [-0.4, -0.2) is 0 Å². The van der Waals surface area contributed by atoms with Gasteiger partial charge in [0.25, 0.3) is 0 Å². The van der Waals surface area contributed by atoms with Gasteiger partial charge in [-0.2, -0.15) is 0 Å². The second-order valence-corrected chi connectivity index (χ2v) is 25.8. The maximum atomic E-state index is 15.6. The Morgan fingerprint density at radius 2 is 1.01 bits per heavy atom. The van der Waals surface area contributed by atoms with Gasteiger partial charge in [0, 0.05) is 69.5 Å². The summed E-state index contributed by atoms with van der Waals surface area (Å²) in [7, 11) is 0. The average molecular weight is 981 g/mol. The molecule has 15 rings (SSSR count). The molecular weight excluding hydrogens is 923 g/mol. The zero-order valence-electron chi connectivity index (χ0n) is 41.8. The van der Waals surface area contributed by atoms with Crippen molar-refractivity contribution in [3.63, 3.8) is 0 Å². The van der Waals surface area contributed by atoms with E-state index >= 15 is 8.78 Å². The van der Waals surface area contributed by atoms with E-state index in [2.05, 4.69) is 167 Å². The number of hydrogen-bond acceptors (Lipinski definition) is 4. The summed E-state index contributed by atoms with van der Waals surface area (Å²) in [6, 6.07) is 55.4. The number of hydrogen-bond donors (Lipinski definition) is 0. The minimum absolute atomic E-state index is 0.00922. The molecule has 0 unspecified atom stereocenters. The molecule has 2 heterocycles. The second kappa shape index (κ2) is 15.8. The highest BCUT2D eigenvalue weighted by Gasteiger charge is 2.63. The predicted octanol–water partition coefficient (Wildman–Crippen LogP) is 20.0. The lowest BCUT2D eigenvalue weighted by Gasteiger charge is -2.61. The van der Waals surface area contributed by atoms with Gasteiger partial charge in [0.1, 0.15) is 11.6 Å². The third-order valence-corrected chi connectivity index (χ3v) is 19.8. The molecule has 10 aromatic rings. The summed E-state index contributed by atoms with van der Waals surface area (Å²) in [6.07, 6.45) is 6.40. The molecule has 0 atom stereocenters. The van der Waals surface area contributed by atoms with E-state index in [0.29, 0.717) is 11.8 Å². The molecule has 0 amide bonds. The molecule has 2 aromatic heterocycles. The number of rotatable bonds is 6. The van der Waals surface area contributed by atoms with E-state index in [1.54, 1.807) is 23.8 Å². The number of anilines is 6. The van der Waals surface area contributed by atoms with Crippen LogP contribution >= 0.6 is 22.7 Å². The molecule has 4 bridgehead atoms. The summed E-state index contributed by atoms with van der Waals surface area (Å²) in [5.74, 6) is 2.09. The first-order valence-corrected chi connectivity index (χ1v) is 27.7. The second-order valence-electron chi connectivity index (χ2n) is 23.7. The fraction of sp³-hybridized carbons (Fsp3) is 0.273. The first kappa shape index (κ1) is 44.4. The van der Waals surface area contributed by atoms with E-state index in [1.807, 2.05) is 40.9 Å². The van der Waals surface area contributed by atoms with Gasteiger partial charge >= 0.3 is 0 Å². The van der Waals surface area contributed by atoms with Crippen molar-refractivity contribution in [1.82, 2.24) is 0 Å². The standard InChI is InChI=1S/C66H58F2N2S2/c1-64(2,3)40-17-21-46(22-18-40)69(48-13-9-11-44(67)34-48)50-25-26-51-52-27-28-54-59-55(66(61(54)62(52)72-58(51)36-50)42-30-38-29-39(32-42)33-43(66)31-38)37-56(63-60(59)53-15-7-8-16-57(53)71-63)70(49-14-10-12-45(68)35-49)47-23-19-41(20-24-47)65(4,5)6/h7-28,34-39,42-43H,29-33H2,1-6H3. The Balaban J connectivity index is 1.03. The minimum Gasteiger partial charge on any atom is -0.310 e. The van der Waals surface area contributed by atoms with Crippen molar-refractivity contribution < 1.29 is 8.78 Å². The summed E-state index contributed by atoms with van der Waals surface area (Å²) in [5.41, 5.74) is 14.0. The van der Waals surface area contributed by atoms with E-state index in [-0.39, 0.29) is 27.9 Å². The monoisotopic (exact) mass is 980 g/mol. The minimum atomic E-state index is -0.254. The van der Waals surface area contributed by atoms with Gasteiger partial charge in [0.15, 0.2) is 0 Å². The molecule has 4 fully saturated rings. The normalized spacial score (nSPS) is 21.1. The largest absolute Gasteiger partial charge is 0.310 e. The number of benzene rings is 8. The molecular formula is C66H58F2N2S2. The van der Waals surface area contributed by atoms with Gasteiger partial charge < -0.3 is 9.80 Å². The van der Waals surface area contributed by atoms with Gasteiger partial charge in [-0.15, -0.1) is 22.7 Å². The molecule has 0 aliphatic heterocycles. The molecule has 8 aromatic carbocycles. The van der Waals surface area contributed by atoms with Crippen LogP contribution < -0.4 is 9.80 Å². The van der Waals surface area contributed by atoms with Crippen molar-refractivity contribution in [2.75, 3.05) is 9.80 Å². The first-order chi connectivity index (χ1) is 34.7. The van der Waals surface area contributed by atoms with Crippen LogP contribution in [-0.2, 0) is 16.2 Å². The third kappa shape index (κ3) is 6.60. The summed E-state index contributed by atoms with van der Waals surface area (Å²) in [5, 5.41) is 5.20. The Hall–Kier alpha value is -6.34. The predicted molar refractivity (Wildman–Crippen MR) is 302 cm³/mol. The topological polar surface area (TPSA) is 6.48 Å². The first-order valence-electron chi connectivity index (χ1n) is 26.0. The maximum absolute atomic E-state index is 15.6. The van der Waals surface area contributed by atoms with Crippen molar-refractivity contribution in [2.24, 2.45) is 23.7 Å². The maximum Gasteiger partial charge on any atom is 0.125 e. The van der Waals surface area contributed by atoms with E-state index in [9.17, 15) is 0 Å². The van der Waals surface area contributed by atoms with E-state index in [0.717, 1.165) is 46.0 Å². The van der Waals surface area contributed by atoms with Crippen LogP contribution in [0.15, 0.2) is 158 Å².